The predicted octanol–water partition coefficient (Wildman–Crippen LogP) is 2.46. The molecule has 0 saturated carbocycles. The molecule has 0 aliphatic carbocycles. The number of ether oxygens (including phenoxy) is 1. The molecule has 1 fully saturated rings. The third kappa shape index (κ3) is 2.57. The van der Waals surface area contributed by atoms with Crippen molar-refractivity contribution in [1.29, 1.82) is 0 Å². The predicted molar refractivity (Wildman–Crippen MR) is 57.6 cm³/mol. The van der Waals surface area contributed by atoms with E-state index in [1.54, 1.807) is 6.07 Å². The topological polar surface area (TPSA) is 21.3 Å². The summed E-state index contributed by atoms with van der Waals surface area (Å²) in [5.41, 5.74) is 0.852. The summed E-state index contributed by atoms with van der Waals surface area (Å²) in [5, 5.41) is 3.18. The molecule has 1 aliphatic heterocycles. The summed E-state index contributed by atoms with van der Waals surface area (Å²) >= 11 is 0. The van der Waals surface area contributed by atoms with Crippen LogP contribution in [-0.2, 0) is 10.7 Å². The van der Waals surface area contributed by atoms with Gasteiger partial charge in [0.25, 0.3) is 5.92 Å². The fourth-order valence-corrected chi connectivity index (χ4v) is 1.79. The Kier molecular flexibility index (Phi) is 3.21. The van der Waals surface area contributed by atoms with Crippen molar-refractivity contribution >= 4 is 0 Å². The number of hydrogen-bond acceptors (Lipinski definition) is 2. The number of morpholine rings is 1. The molecule has 4 heteroatoms. The maximum atomic E-state index is 13.1. The fourth-order valence-electron chi connectivity index (χ4n) is 1.79. The first-order valence-electron chi connectivity index (χ1n) is 5.38. The van der Waals surface area contributed by atoms with Gasteiger partial charge in [-0.25, -0.2) is 8.78 Å². The van der Waals surface area contributed by atoms with Gasteiger partial charge in [0.05, 0.1) is 12.7 Å². The average Bonchev–Trinajstić information content (AvgIpc) is 2.29. The standard InChI is InChI=1S/C12H15F2NO/c1-12(13,14)10-4-2-3-9(7-10)11-8-15-5-6-16-11/h2-4,7,11,15H,5-6,8H2,1H3. The van der Waals surface area contributed by atoms with Crippen molar-refractivity contribution in [1.82, 2.24) is 5.32 Å². The normalized spacial score (nSPS) is 22.1. The van der Waals surface area contributed by atoms with E-state index < -0.39 is 5.92 Å². The number of benzene rings is 1. The quantitative estimate of drug-likeness (QED) is 0.838. The highest BCUT2D eigenvalue weighted by Gasteiger charge is 2.25. The van der Waals surface area contributed by atoms with Crippen LogP contribution in [-0.4, -0.2) is 19.7 Å². The van der Waals surface area contributed by atoms with Gasteiger partial charge in [0, 0.05) is 25.6 Å². The zero-order valence-electron chi connectivity index (χ0n) is 9.17. The second-order valence-corrected chi connectivity index (χ2v) is 4.08. The van der Waals surface area contributed by atoms with Gasteiger partial charge in [-0.1, -0.05) is 18.2 Å². The van der Waals surface area contributed by atoms with Crippen molar-refractivity contribution in [3.8, 4) is 0 Å². The molecule has 0 bridgehead atoms. The van der Waals surface area contributed by atoms with Crippen LogP contribution in [0, 0.1) is 0 Å². The lowest BCUT2D eigenvalue weighted by atomic mass is 10.0. The van der Waals surface area contributed by atoms with Gasteiger partial charge >= 0.3 is 0 Å². The van der Waals surface area contributed by atoms with E-state index in [-0.39, 0.29) is 11.7 Å². The molecule has 16 heavy (non-hydrogen) atoms. The van der Waals surface area contributed by atoms with Gasteiger partial charge in [-0.3, -0.25) is 0 Å². The molecular formula is C12H15F2NO. The van der Waals surface area contributed by atoms with Gasteiger partial charge in [0.2, 0.25) is 0 Å². The molecule has 1 unspecified atom stereocenters. The Bertz CT molecular complexity index is 356. The number of alkyl halides is 2. The van der Waals surface area contributed by atoms with Gasteiger partial charge in [0.15, 0.2) is 0 Å². The highest BCUT2D eigenvalue weighted by atomic mass is 19.3. The summed E-state index contributed by atoms with van der Waals surface area (Å²) in [5.74, 6) is -2.79. The molecule has 1 aromatic carbocycles. The lowest BCUT2D eigenvalue weighted by Crippen LogP contribution is -2.33. The largest absolute Gasteiger partial charge is 0.371 e. The van der Waals surface area contributed by atoms with Gasteiger partial charge in [-0.05, 0) is 11.6 Å². The van der Waals surface area contributed by atoms with Crippen LogP contribution in [0.3, 0.4) is 0 Å². The first-order valence-corrected chi connectivity index (χ1v) is 5.38. The monoisotopic (exact) mass is 227 g/mol. The lowest BCUT2D eigenvalue weighted by Gasteiger charge is -2.24. The first-order chi connectivity index (χ1) is 7.57. The minimum atomic E-state index is -2.79. The summed E-state index contributed by atoms with van der Waals surface area (Å²) in [6, 6.07) is 6.45. The minimum Gasteiger partial charge on any atom is -0.371 e. The van der Waals surface area contributed by atoms with Gasteiger partial charge in [0.1, 0.15) is 0 Å². The molecule has 0 spiro atoms. The third-order valence-corrected chi connectivity index (χ3v) is 2.69. The third-order valence-electron chi connectivity index (χ3n) is 2.69. The molecule has 1 saturated heterocycles. The van der Waals surface area contributed by atoms with Crippen molar-refractivity contribution < 1.29 is 13.5 Å². The van der Waals surface area contributed by atoms with E-state index >= 15 is 0 Å². The Hall–Kier alpha value is -1.00. The summed E-state index contributed by atoms with van der Waals surface area (Å²) in [6.45, 7) is 3.03. The van der Waals surface area contributed by atoms with E-state index in [9.17, 15) is 8.78 Å². The van der Waals surface area contributed by atoms with Crippen molar-refractivity contribution in [2.75, 3.05) is 19.7 Å². The van der Waals surface area contributed by atoms with Crippen LogP contribution in [0.5, 0.6) is 0 Å². The lowest BCUT2D eigenvalue weighted by molar-refractivity contribution is 0.0151. The Morgan fingerprint density at radius 1 is 1.44 bits per heavy atom. The molecule has 1 heterocycles. The molecule has 1 aliphatic rings. The molecular weight excluding hydrogens is 212 g/mol. The first kappa shape index (κ1) is 11.5. The Morgan fingerprint density at radius 2 is 2.25 bits per heavy atom. The van der Waals surface area contributed by atoms with Crippen LogP contribution in [0.25, 0.3) is 0 Å². The molecule has 1 atom stereocenters. The Labute approximate surface area is 93.6 Å². The molecule has 88 valence electrons. The molecule has 0 aromatic heterocycles. The van der Waals surface area contributed by atoms with Gasteiger partial charge in [-0.2, -0.15) is 0 Å². The van der Waals surface area contributed by atoms with Crippen molar-refractivity contribution in [2.45, 2.75) is 19.0 Å². The molecule has 2 rings (SSSR count). The summed E-state index contributed by atoms with van der Waals surface area (Å²) in [6.07, 6.45) is -0.115. The van der Waals surface area contributed by atoms with E-state index in [0.29, 0.717) is 13.2 Å². The second kappa shape index (κ2) is 4.47. The fraction of sp³-hybridized carbons (Fsp3) is 0.500. The zero-order chi connectivity index (χ0) is 11.6. The maximum absolute atomic E-state index is 13.1. The summed E-state index contributed by atoms with van der Waals surface area (Å²) in [7, 11) is 0. The van der Waals surface area contributed by atoms with Crippen molar-refractivity contribution in [3.63, 3.8) is 0 Å². The van der Waals surface area contributed by atoms with Crippen LogP contribution in [0.15, 0.2) is 24.3 Å². The van der Waals surface area contributed by atoms with Crippen LogP contribution >= 0.6 is 0 Å². The van der Waals surface area contributed by atoms with Crippen LogP contribution < -0.4 is 5.32 Å². The number of halogens is 2. The smallest absolute Gasteiger partial charge is 0.270 e. The Morgan fingerprint density at radius 3 is 2.88 bits per heavy atom. The highest BCUT2D eigenvalue weighted by molar-refractivity contribution is 5.28. The highest BCUT2D eigenvalue weighted by Crippen LogP contribution is 2.29. The summed E-state index contributed by atoms with van der Waals surface area (Å²) in [4.78, 5) is 0. The van der Waals surface area contributed by atoms with E-state index in [1.807, 2.05) is 6.07 Å². The van der Waals surface area contributed by atoms with Gasteiger partial charge < -0.3 is 10.1 Å². The average molecular weight is 227 g/mol. The molecule has 1 aromatic rings. The van der Waals surface area contributed by atoms with Crippen LogP contribution in [0.1, 0.15) is 24.2 Å². The second-order valence-electron chi connectivity index (χ2n) is 4.08. The van der Waals surface area contributed by atoms with E-state index in [1.165, 1.54) is 12.1 Å². The van der Waals surface area contributed by atoms with E-state index in [2.05, 4.69) is 5.32 Å². The SMILES string of the molecule is CC(F)(F)c1cccc(C2CNCCO2)c1. The molecule has 0 amide bonds. The Balaban J connectivity index is 2.21. The van der Waals surface area contributed by atoms with Gasteiger partial charge in [-0.15, -0.1) is 0 Å². The van der Waals surface area contributed by atoms with Crippen molar-refractivity contribution in [2.24, 2.45) is 0 Å². The summed E-state index contributed by atoms with van der Waals surface area (Å²) < 4.78 is 31.8. The van der Waals surface area contributed by atoms with Crippen LogP contribution in [0.4, 0.5) is 8.78 Å². The molecule has 2 nitrogen and oxygen atoms in total. The number of hydrogen-bond donors (Lipinski definition) is 1. The number of rotatable bonds is 2. The molecule has 1 N–H and O–H groups in total. The molecule has 0 radical (unpaired) electrons. The van der Waals surface area contributed by atoms with Crippen molar-refractivity contribution in [3.05, 3.63) is 35.4 Å². The van der Waals surface area contributed by atoms with E-state index in [0.717, 1.165) is 19.0 Å². The maximum Gasteiger partial charge on any atom is 0.270 e. The van der Waals surface area contributed by atoms with E-state index in [4.69, 9.17) is 4.74 Å². The zero-order valence-corrected chi connectivity index (χ0v) is 9.17. The van der Waals surface area contributed by atoms with Crippen LogP contribution in [0.2, 0.25) is 0 Å². The minimum absolute atomic E-state index is 0.0409. The number of nitrogens with one attached hydrogen (secondary N) is 1.